The molecule has 0 rings (SSSR count). The lowest BCUT2D eigenvalue weighted by Crippen LogP contribution is -2.10. The molecule has 0 spiro atoms. The van der Waals surface area contributed by atoms with E-state index in [1.165, 1.54) is 25.7 Å². The fraction of sp³-hybridized carbons (Fsp3) is 0.643. The van der Waals surface area contributed by atoms with Crippen LogP contribution in [-0.4, -0.2) is 5.71 Å². The van der Waals surface area contributed by atoms with Crippen molar-refractivity contribution >= 4 is 5.71 Å². The fourth-order valence-corrected chi connectivity index (χ4v) is 1.69. The summed E-state index contributed by atoms with van der Waals surface area (Å²) in [4.78, 5) is 4.43. The fourth-order valence-electron chi connectivity index (χ4n) is 1.69. The minimum absolute atomic E-state index is 0.588. The summed E-state index contributed by atoms with van der Waals surface area (Å²) in [5.74, 6) is 0.588. The molecule has 0 fully saturated rings. The van der Waals surface area contributed by atoms with Crippen LogP contribution in [0.1, 0.15) is 52.9 Å². The second-order valence-electron chi connectivity index (χ2n) is 3.84. The van der Waals surface area contributed by atoms with Gasteiger partial charge in [0, 0.05) is 17.8 Å². The van der Waals surface area contributed by atoms with E-state index in [0.717, 1.165) is 12.1 Å². The predicted octanol–water partition coefficient (Wildman–Crippen LogP) is 4.75. The molecule has 1 unspecified atom stereocenters. The number of aliphatic imine (C=N–C) groups is 1. The predicted molar refractivity (Wildman–Crippen MR) is 70.4 cm³/mol. The first-order valence-electron chi connectivity index (χ1n) is 6.11. The van der Waals surface area contributed by atoms with Crippen LogP contribution in [0.4, 0.5) is 0 Å². The number of nitrogens with zero attached hydrogens (tertiary/aromatic N) is 1. The number of rotatable bonds is 8. The minimum atomic E-state index is 0.588. The van der Waals surface area contributed by atoms with Gasteiger partial charge in [0.1, 0.15) is 0 Å². The lowest BCUT2D eigenvalue weighted by atomic mass is 9.93. The Kier molecular flexibility index (Phi) is 9.15. The summed E-state index contributed by atoms with van der Waals surface area (Å²) in [6, 6.07) is 0. The van der Waals surface area contributed by atoms with Gasteiger partial charge in [-0.3, -0.25) is 4.99 Å². The Morgan fingerprint density at radius 1 is 1.33 bits per heavy atom. The van der Waals surface area contributed by atoms with Crippen LogP contribution in [0, 0.1) is 5.92 Å². The van der Waals surface area contributed by atoms with Gasteiger partial charge in [0.2, 0.25) is 0 Å². The van der Waals surface area contributed by atoms with Crippen LogP contribution >= 0.6 is 0 Å². The first-order valence-corrected chi connectivity index (χ1v) is 6.11. The Balaban J connectivity index is 4.27. The van der Waals surface area contributed by atoms with Gasteiger partial charge in [-0.1, -0.05) is 45.8 Å². The lowest BCUT2D eigenvalue weighted by molar-refractivity contribution is 0.553. The summed E-state index contributed by atoms with van der Waals surface area (Å²) in [7, 11) is 0. The van der Waals surface area contributed by atoms with Gasteiger partial charge in [-0.05, 0) is 25.8 Å². The third-order valence-corrected chi connectivity index (χ3v) is 2.65. The number of hydrogen-bond donors (Lipinski definition) is 0. The highest BCUT2D eigenvalue weighted by Crippen LogP contribution is 2.16. The molecule has 86 valence electrons. The third kappa shape index (κ3) is 6.27. The molecule has 0 N–H and O–H groups in total. The average Bonchev–Trinajstić information content (AvgIpc) is 2.27. The van der Waals surface area contributed by atoms with Crippen LogP contribution < -0.4 is 0 Å². The van der Waals surface area contributed by atoms with Gasteiger partial charge in [-0.25, -0.2) is 0 Å². The van der Waals surface area contributed by atoms with E-state index in [2.05, 4.69) is 25.4 Å². The van der Waals surface area contributed by atoms with Crippen molar-refractivity contribution in [2.24, 2.45) is 10.9 Å². The van der Waals surface area contributed by atoms with E-state index in [4.69, 9.17) is 0 Å². The average molecular weight is 207 g/mol. The zero-order chi connectivity index (χ0) is 11.5. The standard InChI is InChI=1S/C14H25N/c1-5-9-10-11-13(7-3)14(8-4)15-12-6-2/h6,8,12-13H,4-5,7,9-11H2,1-3H3/b12-6-,15-14+. The summed E-state index contributed by atoms with van der Waals surface area (Å²) in [5.41, 5.74) is 1.15. The summed E-state index contributed by atoms with van der Waals surface area (Å²) >= 11 is 0. The molecule has 0 aliphatic heterocycles. The molecule has 0 heterocycles. The molecule has 0 aliphatic carbocycles. The van der Waals surface area contributed by atoms with E-state index in [0.29, 0.717) is 5.92 Å². The highest BCUT2D eigenvalue weighted by Gasteiger charge is 2.09. The Morgan fingerprint density at radius 3 is 2.53 bits per heavy atom. The largest absolute Gasteiger partial charge is 0.261 e. The SMILES string of the molecule is C=C/C(=N\C=C/C)C(CC)CCCCC. The summed E-state index contributed by atoms with van der Waals surface area (Å²) in [5, 5.41) is 0. The summed E-state index contributed by atoms with van der Waals surface area (Å²) in [6.45, 7) is 10.3. The molecule has 0 aromatic rings. The smallest absolute Gasteiger partial charge is 0.0428 e. The molecule has 0 saturated heterocycles. The van der Waals surface area contributed by atoms with E-state index in [1.54, 1.807) is 0 Å². The van der Waals surface area contributed by atoms with Crippen molar-refractivity contribution in [3.8, 4) is 0 Å². The third-order valence-electron chi connectivity index (χ3n) is 2.65. The molecule has 0 aliphatic rings. The molecule has 0 aromatic carbocycles. The van der Waals surface area contributed by atoms with E-state index in [1.807, 2.05) is 25.3 Å². The zero-order valence-corrected chi connectivity index (χ0v) is 10.5. The van der Waals surface area contributed by atoms with Gasteiger partial charge in [0.25, 0.3) is 0 Å². The lowest BCUT2D eigenvalue weighted by Gasteiger charge is -2.14. The summed E-state index contributed by atoms with van der Waals surface area (Å²) < 4.78 is 0. The van der Waals surface area contributed by atoms with Crippen LogP contribution in [0.5, 0.6) is 0 Å². The van der Waals surface area contributed by atoms with Crippen molar-refractivity contribution in [2.75, 3.05) is 0 Å². The zero-order valence-electron chi connectivity index (χ0n) is 10.5. The molecule has 15 heavy (non-hydrogen) atoms. The van der Waals surface area contributed by atoms with Gasteiger partial charge in [-0.15, -0.1) is 0 Å². The molecule has 0 saturated carbocycles. The van der Waals surface area contributed by atoms with Crippen LogP contribution in [0.2, 0.25) is 0 Å². The van der Waals surface area contributed by atoms with Crippen LogP contribution in [0.3, 0.4) is 0 Å². The van der Waals surface area contributed by atoms with E-state index < -0.39 is 0 Å². The van der Waals surface area contributed by atoms with Gasteiger partial charge in [-0.2, -0.15) is 0 Å². The molecule has 1 nitrogen and oxygen atoms in total. The molecule has 0 radical (unpaired) electrons. The van der Waals surface area contributed by atoms with E-state index in [9.17, 15) is 0 Å². The minimum Gasteiger partial charge on any atom is -0.261 e. The highest BCUT2D eigenvalue weighted by atomic mass is 14.7. The normalized spacial score (nSPS) is 14.5. The quantitative estimate of drug-likeness (QED) is 0.402. The Hall–Kier alpha value is -0.850. The second-order valence-corrected chi connectivity index (χ2v) is 3.84. The molecule has 0 amide bonds. The monoisotopic (exact) mass is 207 g/mol. The van der Waals surface area contributed by atoms with Crippen molar-refractivity contribution in [1.29, 1.82) is 0 Å². The maximum Gasteiger partial charge on any atom is 0.0428 e. The van der Waals surface area contributed by atoms with E-state index >= 15 is 0 Å². The van der Waals surface area contributed by atoms with Crippen molar-refractivity contribution < 1.29 is 0 Å². The molecular weight excluding hydrogens is 182 g/mol. The van der Waals surface area contributed by atoms with Gasteiger partial charge < -0.3 is 0 Å². The number of unbranched alkanes of at least 4 members (excludes halogenated alkanes) is 2. The van der Waals surface area contributed by atoms with Crippen LogP contribution in [-0.2, 0) is 0 Å². The number of allylic oxidation sites excluding steroid dienone is 2. The van der Waals surface area contributed by atoms with Crippen molar-refractivity contribution in [2.45, 2.75) is 52.9 Å². The Labute approximate surface area is 95.0 Å². The van der Waals surface area contributed by atoms with E-state index in [-0.39, 0.29) is 0 Å². The van der Waals surface area contributed by atoms with Gasteiger partial charge in [0.15, 0.2) is 0 Å². The Morgan fingerprint density at radius 2 is 2.07 bits per heavy atom. The molecule has 1 atom stereocenters. The van der Waals surface area contributed by atoms with Crippen molar-refractivity contribution in [3.63, 3.8) is 0 Å². The van der Waals surface area contributed by atoms with Gasteiger partial charge in [0.05, 0.1) is 0 Å². The second kappa shape index (κ2) is 9.70. The molecule has 0 bridgehead atoms. The molecular formula is C14H25N. The van der Waals surface area contributed by atoms with Crippen LogP contribution in [0.25, 0.3) is 0 Å². The molecule has 0 aromatic heterocycles. The van der Waals surface area contributed by atoms with Crippen molar-refractivity contribution in [3.05, 3.63) is 24.9 Å². The van der Waals surface area contributed by atoms with Gasteiger partial charge >= 0.3 is 0 Å². The first kappa shape index (κ1) is 14.2. The van der Waals surface area contributed by atoms with Crippen molar-refractivity contribution in [1.82, 2.24) is 0 Å². The topological polar surface area (TPSA) is 12.4 Å². The maximum absolute atomic E-state index is 4.43. The maximum atomic E-state index is 4.43. The first-order chi connectivity index (χ1) is 7.29. The molecule has 1 heteroatoms. The summed E-state index contributed by atoms with van der Waals surface area (Å²) in [6.07, 6.45) is 12.0. The van der Waals surface area contributed by atoms with Crippen LogP contribution in [0.15, 0.2) is 29.9 Å². The highest BCUT2D eigenvalue weighted by molar-refractivity contribution is 5.96. The number of hydrogen-bond acceptors (Lipinski definition) is 1. The Bertz CT molecular complexity index is 213.